The van der Waals surface area contributed by atoms with Crippen LogP contribution in [0, 0.1) is 0 Å². The molecule has 2 aromatic heterocycles. The fraction of sp³-hybridized carbons (Fsp3) is 0.375. The summed E-state index contributed by atoms with van der Waals surface area (Å²) in [5, 5.41) is 3.56. The van der Waals surface area contributed by atoms with E-state index in [1.807, 2.05) is 39.0 Å². The van der Waals surface area contributed by atoms with Crippen molar-refractivity contribution in [2.24, 2.45) is 0 Å². The molecule has 0 saturated carbocycles. The van der Waals surface area contributed by atoms with E-state index >= 15 is 0 Å². The van der Waals surface area contributed by atoms with E-state index in [2.05, 4.69) is 10.3 Å². The highest BCUT2D eigenvalue weighted by Gasteiger charge is 2.30. The molecule has 7 heteroatoms. The molecular formula is C24H26N2O5. The summed E-state index contributed by atoms with van der Waals surface area (Å²) in [4.78, 5) is 28.5. The van der Waals surface area contributed by atoms with Gasteiger partial charge in [0, 0.05) is 36.6 Å². The van der Waals surface area contributed by atoms with Crippen molar-refractivity contribution in [3.05, 3.63) is 63.8 Å². The molecule has 0 spiro atoms. The first-order valence-corrected chi connectivity index (χ1v) is 10.5. The van der Waals surface area contributed by atoms with Gasteiger partial charge in [0.15, 0.2) is 6.61 Å². The molecule has 3 heterocycles. The number of aromatic nitrogens is 1. The van der Waals surface area contributed by atoms with Crippen molar-refractivity contribution in [2.75, 3.05) is 6.61 Å². The summed E-state index contributed by atoms with van der Waals surface area (Å²) in [7, 11) is 0. The number of benzene rings is 1. The lowest BCUT2D eigenvalue weighted by Crippen LogP contribution is -2.33. The third-order valence-electron chi connectivity index (χ3n) is 5.47. The molecule has 7 nitrogen and oxygen atoms in total. The molecule has 4 rings (SSSR count). The van der Waals surface area contributed by atoms with E-state index < -0.39 is 5.63 Å². The molecule has 0 aliphatic carbocycles. The molecule has 0 unspecified atom stereocenters. The summed E-state index contributed by atoms with van der Waals surface area (Å²) in [5.74, 6) is 0.859. The van der Waals surface area contributed by atoms with Crippen molar-refractivity contribution in [1.82, 2.24) is 10.3 Å². The van der Waals surface area contributed by atoms with Gasteiger partial charge in [-0.3, -0.25) is 9.78 Å². The van der Waals surface area contributed by atoms with Crippen LogP contribution in [0.2, 0.25) is 0 Å². The Balaban J connectivity index is 1.63. The molecule has 1 aromatic carbocycles. The Bertz CT molecular complexity index is 1170. The van der Waals surface area contributed by atoms with E-state index in [1.54, 1.807) is 12.4 Å². The summed E-state index contributed by atoms with van der Waals surface area (Å²) in [5.41, 5.74) is 2.41. The molecule has 0 radical (unpaired) electrons. The van der Waals surface area contributed by atoms with Crippen LogP contribution >= 0.6 is 0 Å². The van der Waals surface area contributed by atoms with Crippen molar-refractivity contribution in [3.63, 3.8) is 0 Å². The van der Waals surface area contributed by atoms with Crippen LogP contribution in [-0.2, 0) is 24.2 Å². The number of aryl methyl sites for hydroxylation is 2. The van der Waals surface area contributed by atoms with Crippen molar-refractivity contribution in [3.8, 4) is 11.5 Å². The van der Waals surface area contributed by atoms with E-state index in [4.69, 9.17) is 13.9 Å². The second-order valence-corrected chi connectivity index (χ2v) is 8.28. The van der Waals surface area contributed by atoms with Crippen LogP contribution in [0.3, 0.4) is 0 Å². The maximum atomic E-state index is 12.4. The summed E-state index contributed by atoms with van der Waals surface area (Å²) >= 11 is 0. The first-order chi connectivity index (χ1) is 14.9. The Morgan fingerprint density at radius 3 is 2.77 bits per heavy atom. The second-order valence-electron chi connectivity index (χ2n) is 8.28. The molecule has 3 aromatic rings. The van der Waals surface area contributed by atoms with E-state index in [0.29, 0.717) is 30.0 Å². The van der Waals surface area contributed by atoms with Crippen LogP contribution in [0.15, 0.2) is 45.9 Å². The fourth-order valence-electron chi connectivity index (χ4n) is 3.81. The summed E-state index contributed by atoms with van der Waals surface area (Å²) in [6.07, 6.45) is 5.55. The molecule has 0 saturated heterocycles. The number of carbonyl (C=O) groups excluding carboxylic acids is 1. The topological polar surface area (TPSA) is 90.7 Å². The van der Waals surface area contributed by atoms with Gasteiger partial charge in [-0.2, -0.15) is 0 Å². The van der Waals surface area contributed by atoms with Crippen molar-refractivity contribution >= 4 is 16.9 Å². The highest BCUT2D eigenvalue weighted by atomic mass is 16.5. The first kappa shape index (κ1) is 20.9. The molecule has 1 aliphatic heterocycles. The maximum Gasteiger partial charge on any atom is 0.336 e. The number of rotatable bonds is 6. The van der Waals surface area contributed by atoms with Crippen LogP contribution < -0.4 is 20.4 Å². The molecule has 0 fully saturated rings. The molecule has 1 amide bonds. The van der Waals surface area contributed by atoms with E-state index in [0.717, 1.165) is 34.9 Å². The van der Waals surface area contributed by atoms with Crippen LogP contribution in [-0.4, -0.2) is 23.1 Å². The average Bonchev–Trinajstić information content (AvgIpc) is 2.75. The molecular weight excluding hydrogens is 396 g/mol. The predicted molar refractivity (Wildman–Crippen MR) is 116 cm³/mol. The maximum absolute atomic E-state index is 12.4. The summed E-state index contributed by atoms with van der Waals surface area (Å²) < 4.78 is 17.7. The van der Waals surface area contributed by atoms with Crippen molar-refractivity contribution in [2.45, 2.75) is 52.2 Å². The van der Waals surface area contributed by atoms with Gasteiger partial charge in [-0.1, -0.05) is 6.92 Å². The molecule has 1 aliphatic rings. The summed E-state index contributed by atoms with van der Waals surface area (Å²) in [6.45, 7) is 6.24. The minimum Gasteiger partial charge on any atom is -0.487 e. The Morgan fingerprint density at radius 1 is 1.26 bits per heavy atom. The fourth-order valence-corrected chi connectivity index (χ4v) is 3.81. The van der Waals surface area contributed by atoms with E-state index in [-0.39, 0.29) is 18.1 Å². The van der Waals surface area contributed by atoms with Gasteiger partial charge in [-0.05, 0) is 56.4 Å². The molecule has 162 valence electrons. The highest BCUT2D eigenvalue weighted by molar-refractivity contribution is 5.92. The minimum absolute atomic E-state index is 0.162. The third-order valence-corrected chi connectivity index (χ3v) is 5.47. The minimum atomic E-state index is -0.399. The molecule has 0 bridgehead atoms. The van der Waals surface area contributed by atoms with Crippen molar-refractivity contribution in [1.29, 1.82) is 0 Å². The summed E-state index contributed by atoms with van der Waals surface area (Å²) in [6, 6.07) is 6.98. The third kappa shape index (κ3) is 4.55. The zero-order valence-electron chi connectivity index (χ0n) is 18.0. The van der Waals surface area contributed by atoms with Gasteiger partial charge >= 0.3 is 5.63 Å². The highest BCUT2D eigenvalue weighted by Crippen LogP contribution is 2.42. The Hall–Kier alpha value is -3.35. The zero-order valence-corrected chi connectivity index (χ0v) is 18.0. The van der Waals surface area contributed by atoms with Gasteiger partial charge in [0.05, 0.1) is 5.39 Å². The lowest BCUT2D eigenvalue weighted by molar-refractivity contribution is -0.123. The Kier molecular flexibility index (Phi) is 5.67. The quantitative estimate of drug-likeness (QED) is 0.611. The Morgan fingerprint density at radius 2 is 2.03 bits per heavy atom. The van der Waals surface area contributed by atoms with E-state index in [9.17, 15) is 9.59 Å². The number of amides is 1. The molecule has 0 atom stereocenters. The number of fused-ring (bicyclic) bond motifs is 3. The number of ether oxygens (including phenoxy) is 2. The number of hydrogen-bond acceptors (Lipinski definition) is 6. The van der Waals surface area contributed by atoms with E-state index in [1.165, 1.54) is 6.07 Å². The largest absolute Gasteiger partial charge is 0.487 e. The van der Waals surface area contributed by atoms with Gasteiger partial charge in [-0.25, -0.2) is 4.79 Å². The van der Waals surface area contributed by atoms with Crippen LogP contribution in [0.1, 0.15) is 43.9 Å². The lowest BCUT2D eigenvalue weighted by atomic mass is 9.92. The Labute approximate surface area is 180 Å². The monoisotopic (exact) mass is 422 g/mol. The average molecular weight is 422 g/mol. The van der Waals surface area contributed by atoms with Gasteiger partial charge in [0.25, 0.3) is 5.91 Å². The van der Waals surface area contributed by atoms with Gasteiger partial charge in [-0.15, -0.1) is 0 Å². The SMILES string of the molecule is CCc1cc(=O)oc2c3c(cc(OCC(=O)NCc4ccncc4)c12)OC(C)(C)CC3. The van der Waals surface area contributed by atoms with Crippen molar-refractivity contribution < 1.29 is 18.7 Å². The zero-order chi connectivity index (χ0) is 22.0. The molecule has 31 heavy (non-hydrogen) atoms. The molecule has 1 N–H and O–H groups in total. The van der Waals surface area contributed by atoms with Gasteiger partial charge < -0.3 is 19.2 Å². The second kappa shape index (κ2) is 8.41. The smallest absolute Gasteiger partial charge is 0.336 e. The lowest BCUT2D eigenvalue weighted by Gasteiger charge is -2.33. The van der Waals surface area contributed by atoms with Gasteiger partial charge in [0.2, 0.25) is 0 Å². The van der Waals surface area contributed by atoms with Crippen LogP contribution in [0.4, 0.5) is 0 Å². The predicted octanol–water partition coefficient (Wildman–Crippen LogP) is 3.55. The standard InChI is InChI=1S/C24H26N2O5/c1-4-16-11-21(28)30-23-17-5-8-24(2,3)31-18(17)12-19(22(16)23)29-14-20(27)26-13-15-6-9-25-10-7-15/h6-7,9-12H,4-5,8,13-14H2,1-3H3,(H,26,27). The van der Waals surface area contributed by atoms with Crippen LogP contribution in [0.25, 0.3) is 11.0 Å². The number of carbonyl (C=O) groups is 1. The number of nitrogens with one attached hydrogen (secondary N) is 1. The van der Waals surface area contributed by atoms with Gasteiger partial charge in [0.1, 0.15) is 22.7 Å². The number of pyridine rings is 1. The normalized spacial score (nSPS) is 14.5. The number of nitrogens with zero attached hydrogens (tertiary/aromatic N) is 1. The first-order valence-electron chi connectivity index (χ1n) is 10.5. The number of hydrogen-bond donors (Lipinski definition) is 1. The van der Waals surface area contributed by atoms with Crippen LogP contribution in [0.5, 0.6) is 11.5 Å².